The fraction of sp³-hybridized carbons (Fsp3) is 0.882. The van der Waals surface area contributed by atoms with Gasteiger partial charge in [0.25, 0.3) is 0 Å². The SMILES string of the molecule is CCCCCOC(=O)C1CCCCC1C(=O)OC(C)(C)C. The zero-order valence-electron chi connectivity index (χ0n) is 13.9. The standard InChI is InChI=1S/C17H30O4/c1-5-6-9-12-20-15(18)13-10-7-8-11-14(13)16(19)21-17(2,3)4/h13-14H,5-12H2,1-4H3. The Bertz CT molecular complexity index is 343. The lowest BCUT2D eigenvalue weighted by atomic mass is 9.79. The lowest BCUT2D eigenvalue weighted by molar-refractivity contribution is -0.170. The molecular formula is C17H30O4. The van der Waals surface area contributed by atoms with Gasteiger partial charge >= 0.3 is 11.9 Å². The molecule has 1 fully saturated rings. The Hall–Kier alpha value is -1.06. The molecule has 1 aliphatic rings. The van der Waals surface area contributed by atoms with E-state index in [9.17, 15) is 9.59 Å². The molecule has 0 bridgehead atoms. The van der Waals surface area contributed by atoms with Crippen molar-refractivity contribution in [3.05, 3.63) is 0 Å². The number of unbranched alkanes of at least 4 members (excludes halogenated alkanes) is 2. The van der Waals surface area contributed by atoms with Gasteiger partial charge in [-0.25, -0.2) is 0 Å². The summed E-state index contributed by atoms with van der Waals surface area (Å²) in [5.41, 5.74) is -0.510. The molecule has 21 heavy (non-hydrogen) atoms. The lowest BCUT2D eigenvalue weighted by Gasteiger charge is -2.31. The Labute approximate surface area is 128 Å². The minimum absolute atomic E-state index is 0.221. The van der Waals surface area contributed by atoms with Gasteiger partial charge in [0.05, 0.1) is 18.4 Å². The maximum absolute atomic E-state index is 12.3. The largest absolute Gasteiger partial charge is 0.465 e. The summed E-state index contributed by atoms with van der Waals surface area (Å²) in [7, 11) is 0. The highest BCUT2D eigenvalue weighted by Crippen LogP contribution is 2.33. The van der Waals surface area contributed by atoms with Gasteiger partial charge in [-0.3, -0.25) is 9.59 Å². The molecule has 0 aromatic heterocycles. The summed E-state index contributed by atoms with van der Waals surface area (Å²) in [5.74, 6) is -1.13. The maximum atomic E-state index is 12.3. The molecule has 4 heteroatoms. The molecule has 2 unspecified atom stereocenters. The predicted octanol–water partition coefficient (Wildman–Crippen LogP) is 3.87. The van der Waals surface area contributed by atoms with Crippen LogP contribution >= 0.6 is 0 Å². The van der Waals surface area contributed by atoms with E-state index in [2.05, 4.69) is 6.92 Å². The van der Waals surface area contributed by atoms with Crippen molar-refractivity contribution in [1.29, 1.82) is 0 Å². The molecule has 0 radical (unpaired) electrons. The molecular weight excluding hydrogens is 268 g/mol. The number of esters is 2. The molecule has 2 atom stereocenters. The van der Waals surface area contributed by atoms with Crippen LogP contribution in [0.15, 0.2) is 0 Å². The minimum Gasteiger partial charge on any atom is -0.465 e. The minimum atomic E-state index is -0.510. The molecule has 0 amide bonds. The van der Waals surface area contributed by atoms with Crippen LogP contribution in [-0.2, 0) is 19.1 Å². The average molecular weight is 298 g/mol. The van der Waals surface area contributed by atoms with Crippen LogP contribution < -0.4 is 0 Å². The van der Waals surface area contributed by atoms with Crippen molar-refractivity contribution in [3.63, 3.8) is 0 Å². The summed E-state index contributed by atoms with van der Waals surface area (Å²) in [6, 6.07) is 0. The van der Waals surface area contributed by atoms with Crippen LogP contribution in [0.1, 0.15) is 72.6 Å². The van der Waals surface area contributed by atoms with Crippen molar-refractivity contribution in [1.82, 2.24) is 0 Å². The highest BCUT2D eigenvalue weighted by molar-refractivity contribution is 5.82. The summed E-state index contributed by atoms with van der Waals surface area (Å²) >= 11 is 0. The zero-order valence-corrected chi connectivity index (χ0v) is 13.9. The number of carbonyl (C=O) groups excluding carboxylic acids is 2. The van der Waals surface area contributed by atoms with E-state index in [-0.39, 0.29) is 23.8 Å². The van der Waals surface area contributed by atoms with Crippen LogP contribution in [0.5, 0.6) is 0 Å². The van der Waals surface area contributed by atoms with E-state index in [4.69, 9.17) is 9.47 Å². The predicted molar refractivity (Wildman–Crippen MR) is 81.8 cm³/mol. The summed E-state index contributed by atoms with van der Waals surface area (Å²) in [6.07, 6.45) is 6.47. The average Bonchev–Trinajstić information content (AvgIpc) is 2.41. The smallest absolute Gasteiger partial charge is 0.310 e. The van der Waals surface area contributed by atoms with Crippen LogP contribution in [0.25, 0.3) is 0 Å². The van der Waals surface area contributed by atoms with Gasteiger partial charge in [-0.05, 0) is 40.0 Å². The summed E-state index contributed by atoms with van der Waals surface area (Å²) < 4.78 is 10.8. The van der Waals surface area contributed by atoms with E-state index in [0.717, 1.165) is 44.9 Å². The molecule has 0 heterocycles. The van der Waals surface area contributed by atoms with Crippen molar-refractivity contribution >= 4 is 11.9 Å². The van der Waals surface area contributed by atoms with Crippen LogP contribution in [0.4, 0.5) is 0 Å². The van der Waals surface area contributed by atoms with Crippen molar-refractivity contribution < 1.29 is 19.1 Å². The third-order valence-electron chi connectivity index (χ3n) is 3.77. The topological polar surface area (TPSA) is 52.6 Å². The molecule has 122 valence electrons. The monoisotopic (exact) mass is 298 g/mol. The molecule has 1 saturated carbocycles. The van der Waals surface area contributed by atoms with Crippen molar-refractivity contribution in [2.75, 3.05) is 6.61 Å². The molecule has 0 N–H and O–H groups in total. The molecule has 4 nitrogen and oxygen atoms in total. The highest BCUT2D eigenvalue weighted by Gasteiger charge is 2.39. The van der Waals surface area contributed by atoms with Gasteiger partial charge in [-0.1, -0.05) is 32.6 Å². The van der Waals surface area contributed by atoms with Gasteiger partial charge in [0.2, 0.25) is 0 Å². The summed E-state index contributed by atoms with van der Waals surface area (Å²) in [4.78, 5) is 24.5. The van der Waals surface area contributed by atoms with E-state index in [1.54, 1.807) is 0 Å². The second-order valence-corrected chi connectivity index (χ2v) is 6.91. The van der Waals surface area contributed by atoms with E-state index < -0.39 is 5.60 Å². The zero-order chi connectivity index (χ0) is 15.9. The maximum Gasteiger partial charge on any atom is 0.310 e. The quantitative estimate of drug-likeness (QED) is 0.552. The first-order chi connectivity index (χ1) is 9.85. The molecule has 0 aliphatic heterocycles. The Morgan fingerprint density at radius 1 is 1.00 bits per heavy atom. The van der Waals surface area contributed by atoms with Crippen LogP contribution in [0, 0.1) is 11.8 Å². The Morgan fingerprint density at radius 2 is 1.57 bits per heavy atom. The summed E-state index contributed by atoms with van der Waals surface area (Å²) in [5, 5.41) is 0. The Kier molecular flexibility index (Phi) is 7.20. The van der Waals surface area contributed by atoms with Crippen molar-refractivity contribution in [3.8, 4) is 0 Å². The van der Waals surface area contributed by atoms with E-state index in [1.807, 2.05) is 20.8 Å². The van der Waals surface area contributed by atoms with Crippen LogP contribution in [0.2, 0.25) is 0 Å². The Balaban J connectivity index is 2.56. The van der Waals surface area contributed by atoms with Gasteiger partial charge in [0.1, 0.15) is 5.60 Å². The third kappa shape index (κ3) is 6.49. The van der Waals surface area contributed by atoms with Crippen LogP contribution in [0.3, 0.4) is 0 Å². The second kappa shape index (κ2) is 8.40. The first-order valence-electron chi connectivity index (χ1n) is 8.24. The number of rotatable bonds is 6. The van der Waals surface area contributed by atoms with Gasteiger partial charge in [0.15, 0.2) is 0 Å². The highest BCUT2D eigenvalue weighted by atomic mass is 16.6. The van der Waals surface area contributed by atoms with Gasteiger partial charge in [-0.2, -0.15) is 0 Å². The van der Waals surface area contributed by atoms with Gasteiger partial charge < -0.3 is 9.47 Å². The molecule has 0 aromatic carbocycles. The lowest BCUT2D eigenvalue weighted by Crippen LogP contribution is -2.38. The third-order valence-corrected chi connectivity index (χ3v) is 3.77. The van der Waals surface area contributed by atoms with E-state index in [0.29, 0.717) is 6.61 Å². The molecule has 1 aliphatic carbocycles. The summed E-state index contributed by atoms with van der Waals surface area (Å²) in [6.45, 7) is 8.13. The Morgan fingerprint density at radius 3 is 2.10 bits per heavy atom. The van der Waals surface area contributed by atoms with E-state index in [1.165, 1.54) is 0 Å². The molecule has 0 saturated heterocycles. The number of ether oxygens (including phenoxy) is 2. The first kappa shape index (κ1) is 18.0. The van der Waals surface area contributed by atoms with Crippen LogP contribution in [-0.4, -0.2) is 24.1 Å². The fourth-order valence-corrected chi connectivity index (χ4v) is 2.70. The van der Waals surface area contributed by atoms with Gasteiger partial charge in [0, 0.05) is 0 Å². The molecule has 0 aromatic rings. The second-order valence-electron chi connectivity index (χ2n) is 6.91. The van der Waals surface area contributed by atoms with Gasteiger partial charge in [-0.15, -0.1) is 0 Å². The number of hydrogen-bond acceptors (Lipinski definition) is 4. The number of hydrogen-bond donors (Lipinski definition) is 0. The van der Waals surface area contributed by atoms with Crippen molar-refractivity contribution in [2.45, 2.75) is 78.2 Å². The fourth-order valence-electron chi connectivity index (χ4n) is 2.70. The normalized spacial score (nSPS) is 22.7. The van der Waals surface area contributed by atoms with Crippen molar-refractivity contribution in [2.24, 2.45) is 11.8 Å². The van der Waals surface area contributed by atoms with E-state index >= 15 is 0 Å². The first-order valence-corrected chi connectivity index (χ1v) is 8.24. The molecule has 1 rings (SSSR count). The molecule has 0 spiro atoms. The number of carbonyl (C=O) groups is 2.